The number of hydrogen-bond acceptors (Lipinski definition) is 11. The van der Waals surface area contributed by atoms with E-state index >= 15 is 0 Å². The molecular formula is C58H101O12P. The number of carbonyl (C=O) groups excluding carboxylic acids is 1. The molecule has 1 aliphatic carbocycles. The molecule has 0 bridgehead atoms. The molecule has 0 spiro atoms. The SMILES string of the molecule is CC/C=C\C/C=C\C/C=C\C/C=C\C/C=C\C/C=C\C/C=C\CCCC(=O)OC(COCCCCCCCCCCCCCCCCCCCCCCC)COP(=O)(O)OC1C(O)C(O)C(O)C(O)C1O. The molecule has 12 nitrogen and oxygen atoms in total. The molecule has 71 heavy (non-hydrogen) atoms. The summed E-state index contributed by atoms with van der Waals surface area (Å²) in [6.07, 6.45) is 52.3. The van der Waals surface area contributed by atoms with Gasteiger partial charge in [0.2, 0.25) is 0 Å². The molecule has 1 rings (SSSR count). The highest BCUT2D eigenvalue weighted by atomic mass is 31.2. The molecule has 0 heterocycles. The Labute approximate surface area is 431 Å². The second-order valence-corrected chi connectivity index (χ2v) is 20.5. The van der Waals surface area contributed by atoms with E-state index < -0.39 is 63.1 Å². The maximum absolute atomic E-state index is 12.9. The minimum Gasteiger partial charge on any atom is -0.457 e. The number of rotatable bonds is 47. The summed E-state index contributed by atoms with van der Waals surface area (Å²) in [6.45, 7) is 4.11. The summed E-state index contributed by atoms with van der Waals surface area (Å²) in [5, 5.41) is 50.4. The molecule has 0 aromatic heterocycles. The van der Waals surface area contributed by atoms with Gasteiger partial charge in [-0.15, -0.1) is 0 Å². The van der Waals surface area contributed by atoms with Crippen LogP contribution in [-0.2, 0) is 27.9 Å². The van der Waals surface area contributed by atoms with Gasteiger partial charge in [0.25, 0.3) is 0 Å². The van der Waals surface area contributed by atoms with Crippen molar-refractivity contribution >= 4 is 13.8 Å². The van der Waals surface area contributed by atoms with E-state index in [0.717, 1.165) is 64.2 Å². The van der Waals surface area contributed by atoms with Gasteiger partial charge < -0.3 is 39.9 Å². The van der Waals surface area contributed by atoms with Crippen LogP contribution in [0.2, 0.25) is 0 Å². The second kappa shape index (κ2) is 47.2. The lowest BCUT2D eigenvalue weighted by atomic mass is 9.85. The third-order valence-corrected chi connectivity index (χ3v) is 13.5. The fourth-order valence-corrected chi connectivity index (χ4v) is 9.14. The van der Waals surface area contributed by atoms with Crippen LogP contribution >= 0.6 is 7.82 Å². The van der Waals surface area contributed by atoms with Crippen LogP contribution in [0.4, 0.5) is 0 Å². The number of aliphatic hydroxyl groups excluding tert-OH is 5. The van der Waals surface area contributed by atoms with E-state index in [-0.39, 0.29) is 13.0 Å². The molecule has 6 atom stereocenters. The number of allylic oxidation sites excluding steroid dienone is 14. The van der Waals surface area contributed by atoms with E-state index in [9.17, 15) is 39.8 Å². The van der Waals surface area contributed by atoms with Gasteiger partial charge in [-0.2, -0.15) is 0 Å². The lowest BCUT2D eigenvalue weighted by Crippen LogP contribution is -2.64. The summed E-state index contributed by atoms with van der Waals surface area (Å²) in [5.41, 5.74) is 0. The van der Waals surface area contributed by atoms with Crippen LogP contribution in [0.15, 0.2) is 85.1 Å². The van der Waals surface area contributed by atoms with Crippen molar-refractivity contribution in [2.24, 2.45) is 0 Å². The van der Waals surface area contributed by atoms with Crippen molar-refractivity contribution in [1.82, 2.24) is 0 Å². The Morgan fingerprint density at radius 2 is 0.817 bits per heavy atom. The van der Waals surface area contributed by atoms with E-state index in [2.05, 4.69) is 86.8 Å². The first kappa shape index (κ1) is 66.5. The van der Waals surface area contributed by atoms with Crippen LogP contribution in [0.25, 0.3) is 0 Å². The van der Waals surface area contributed by atoms with Crippen molar-refractivity contribution in [3.05, 3.63) is 85.1 Å². The third-order valence-electron chi connectivity index (χ3n) is 12.5. The Bertz CT molecular complexity index is 1490. The van der Waals surface area contributed by atoms with Crippen LogP contribution < -0.4 is 0 Å². The number of phosphoric ester groups is 1. The van der Waals surface area contributed by atoms with Crippen molar-refractivity contribution in [3.8, 4) is 0 Å². The van der Waals surface area contributed by atoms with E-state index in [4.69, 9.17) is 18.5 Å². The molecule has 1 aliphatic rings. The van der Waals surface area contributed by atoms with Crippen LogP contribution in [0.3, 0.4) is 0 Å². The molecule has 0 aromatic carbocycles. The summed E-state index contributed by atoms with van der Waals surface area (Å²) >= 11 is 0. The van der Waals surface area contributed by atoms with Crippen molar-refractivity contribution in [3.63, 3.8) is 0 Å². The van der Waals surface area contributed by atoms with Crippen LogP contribution in [0.1, 0.15) is 213 Å². The molecule has 6 unspecified atom stereocenters. The predicted octanol–water partition coefficient (Wildman–Crippen LogP) is 13.3. The topological polar surface area (TPSA) is 192 Å². The molecule has 0 radical (unpaired) electrons. The van der Waals surface area contributed by atoms with Gasteiger partial charge in [0.05, 0.1) is 13.2 Å². The van der Waals surface area contributed by atoms with Gasteiger partial charge in [-0.05, 0) is 64.2 Å². The zero-order chi connectivity index (χ0) is 51.9. The lowest BCUT2D eigenvalue weighted by molar-refractivity contribution is -0.220. The molecule has 410 valence electrons. The summed E-state index contributed by atoms with van der Waals surface area (Å²) < 4.78 is 34.3. The molecule has 6 N–H and O–H groups in total. The Hall–Kier alpha value is -2.48. The van der Waals surface area contributed by atoms with E-state index in [1.54, 1.807) is 0 Å². The largest absolute Gasteiger partial charge is 0.472 e. The predicted molar refractivity (Wildman–Crippen MR) is 290 cm³/mol. The molecule has 0 aromatic rings. The van der Waals surface area contributed by atoms with Crippen molar-refractivity contribution in [1.29, 1.82) is 0 Å². The van der Waals surface area contributed by atoms with Gasteiger partial charge in [0, 0.05) is 13.0 Å². The molecular weight excluding hydrogens is 920 g/mol. The van der Waals surface area contributed by atoms with Gasteiger partial charge in [-0.1, -0.05) is 227 Å². The van der Waals surface area contributed by atoms with E-state index in [1.165, 1.54) is 116 Å². The number of aliphatic hydroxyl groups is 5. The zero-order valence-electron chi connectivity index (χ0n) is 44.2. The smallest absolute Gasteiger partial charge is 0.457 e. The Kier molecular flexibility index (Phi) is 44.3. The van der Waals surface area contributed by atoms with E-state index in [0.29, 0.717) is 19.4 Å². The fraction of sp³-hybridized carbons (Fsp3) is 0.741. The minimum absolute atomic E-state index is 0.102. The summed E-state index contributed by atoms with van der Waals surface area (Å²) in [4.78, 5) is 23.3. The van der Waals surface area contributed by atoms with Crippen molar-refractivity contribution in [2.45, 2.75) is 256 Å². The first-order valence-corrected chi connectivity index (χ1v) is 29.4. The summed E-state index contributed by atoms with van der Waals surface area (Å²) in [6, 6.07) is 0. The van der Waals surface area contributed by atoms with Gasteiger partial charge in [-0.3, -0.25) is 13.8 Å². The van der Waals surface area contributed by atoms with E-state index in [1.807, 2.05) is 12.2 Å². The van der Waals surface area contributed by atoms with Crippen LogP contribution in [0, 0.1) is 0 Å². The normalized spacial score (nSPS) is 21.4. The fourth-order valence-electron chi connectivity index (χ4n) is 8.17. The number of ether oxygens (including phenoxy) is 2. The molecule has 0 aliphatic heterocycles. The van der Waals surface area contributed by atoms with Crippen molar-refractivity contribution < 1.29 is 58.3 Å². The highest BCUT2D eigenvalue weighted by Crippen LogP contribution is 2.47. The number of phosphoric acid groups is 1. The number of carbonyl (C=O) groups is 1. The maximum Gasteiger partial charge on any atom is 0.472 e. The first-order valence-electron chi connectivity index (χ1n) is 27.9. The average molecular weight is 1020 g/mol. The maximum atomic E-state index is 12.9. The molecule has 1 fully saturated rings. The Balaban J connectivity index is 2.36. The van der Waals surface area contributed by atoms with Gasteiger partial charge in [0.1, 0.15) is 42.7 Å². The lowest BCUT2D eigenvalue weighted by Gasteiger charge is -2.41. The van der Waals surface area contributed by atoms with Crippen molar-refractivity contribution in [2.75, 3.05) is 19.8 Å². The number of esters is 1. The number of hydrogen-bond donors (Lipinski definition) is 6. The Morgan fingerprint density at radius 1 is 0.465 bits per heavy atom. The summed E-state index contributed by atoms with van der Waals surface area (Å²) in [7, 11) is -5.05. The summed E-state index contributed by atoms with van der Waals surface area (Å²) in [5.74, 6) is -0.534. The Morgan fingerprint density at radius 3 is 1.21 bits per heavy atom. The van der Waals surface area contributed by atoms with Gasteiger partial charge in [0.15, 0.2) is 0 Å². The average Bonchev–Trinajstić information content (AvgIpc) is 3.36. The van der Waals surface area contributed by atoms with Gasteiger partial charge in [-0.25, -0.2) is 4.57 Å². The quantitative estimate of drug-likeness (QED) is 0.0146. The molecule has 0 amide bonds. The molecule has 0 saturated heterocycles. The number of unbranched alkanes of at least 4 members (excludes halogenated alkanes) is 21. The first-order chi connectivity index (χ1) is 34.5. The highest BCUT2D eigenvalue weighted by molar-refractivity contribution is 7.47. The van der Waals surface area contributed by atoms with Crippen LogP contribution in [0.5, 0.6) is 0 Å². The zero-order valence-corrected chi connectivity index (χ0v) is 45.1. The van der Waals surface area contributed by atoms with Crippen LogP contribution in [-0.4, -0.2) is 98.9 Å². The molecule has 13 heteroatoms. The standard InChI is InChI=1S/C58H101O12P/c1-3-5-7-9-11-13-15-17-19-21-23-25-26-27-29-31-33-35-37-39-41-43-45-47-52(59)69-51(50-68-71(65,66)70-58-56(63)54(61)53(60)55(62)57(58)64)49-67-48-46-44-42-40-38-36-34-32-30-28-24-22-20-18-16-14-12-10-8-6-4-2/h5,7,11,13,17,19,23,25,27,29,33,35,39,41,51,53-58,60-64H,3-4,6,8-10,12,14-16,18,20-22,24,26,28,30-32,34,36-38,40,42-50H2,1-2H3,(H,65,66)/b7-5-,13-11-,19-17-,25-23-,29-27-,35-33-,41-39-. The highest BCUT2D eigenvalue weighted by Gasteiger charge is 2.51. The monoisotopic (exact) mass is 1020 g/mol. The van der Waals surface area contributed by atoms with Gasteiger partial charge >= 0.3 is 13.8 Å². The minimum atomic E-state index is -5.05. The third kappa shape index (κ3) is 38.7. The second-order valence-electron chi connectivity index (χ2n) is 19.1. The molecule has 1 saturated carbocycles.